The molecule has 1 aromatic heterocycles. The number of aromatic nitrogens is 2. The number of aryl methyl sites for hydroxylation is 1. The molecule has 1 unspecified atom stereocenters. The molecule has 0 aliphatic heterocycles. The number of halogens is 2. The summed E-state index contributed by atoms with van der Waals surface area (Å²) in [5, 5.41) is 9.30. The summed E-state index contributed by atoms with van der Waals surface area (Å²) in [6, 6.07) is 3.09. The van der Waals surface area contributed by atoms with Crippen LogP contribution in [0.15, 0.2) is 18.2 Å². The lowest BCUT2D eigenvalue weighted by Gasteiger charge is -2.14. The third-order valence-corrected chi connectivity index (χ3v) is 3.07. The van der Waals surface area contributed by atoms with E-state index < -0.39 is 23.6 Å². The number of rotatable bonds is 4. The van der Waals surface area contributed by atoms with E-state index in [0.29, 0.717) is 5.82 Å². The maximum absolute atomic E-state index is 13.1. The number of anilines is 1. The van der Waals surface area contributed by atoms with Crippen LogP contribution in [0.25, 0.3) is 0 Å². The van der Waals surface area contributed by atoms with Gasteiger partial charge in [0.1, 0.15) is 5.75 Å². The lowest BCUT2D eigenvalue weighted by molar-refractivity contribution is -0.122. The Kier molecular flexibility index (Phi) is 4.21. The van der Waals surface area contributed by atoms with Crippen molar-refractivity contribution < 1.29 is 18.3 Å². The predicted molar refractivity (Wildman–Crippen MR) is 73.1 cm³/mol. The first-order valence-corrected chi connectivity index (χ1v) is 6.32. The summed E-state index contributed by atoms with van der Waals surface area (Å²) >= 11 is 0. The van der Waals surface area contributed by atoms with Gasteiger partial charge in [-0.2, -0.15) is 5.10 Å². The molecule has 7 heteroatoms. The van der Waals surface area contributed by atoms with Gasteiger partial charge in [0.25, 0.3) is 5.91 Å². The maximum Gasteiger partial charge on any atom is 0.266 e. The lowest BCUT2D eigenvalue weighted by atomic mass is 10.2. The molecule has 2 aromatic rings. The third-order valence-electron chi connectivity index (χ3n) is 3.07. The predicted octanol–water partition coefficient (Wildman–Crippen LogP) is 2.71. The molecule has 0 fully saturated rings. The molecular formula is C14H15F2N3O2. The average Bonchev–Trinajstić information content (AvgIpc) is 2.75. The van der Waals surface area contributed by atoms with Crippen LogP contribution in [0.2, 0.25) is 0 Å². The van der Waals surface area contributed by atoms with Crippen molar-refractivity contribution in [2.45, 2.75) is 26.9 Å². The first-order chi connectivity index (χ1) is 9.88. The van der Waals surface area contributed by atoms with Crippen molar-refractivity contribution in [3.63, 3.8) is 0 Å². The fourth-order valence-electron chi connectivity index (χ4n) is 1.63. The Hall–Kier alpha value is -2.44. The van der Waals surface area contributed by atoms with E-state index in [9.17, 15) is 13.6 Å². The van der Waals surface area contributed by atoms with Crippen molar-refractivity contribution >= 4 is 11.7 Å². The summed E-state index contributed by atoms with van der Waals surface area (Å²) in [7, 11) is 0. The molecule has 2 rings (SSSR count). The van der Waals surface area contributed by atoms with Gasteiger partial charge < -0.3 is 10.1 Å². The van der Waals surface area contributed by atoms with Gasteiger partial charge in [-0.05, 0) is 32.9 Å². The number of hydrogen-bond donors (Lipinski definition) is 2. The molecule has 1 heterocycles. The summed E-state index contributed by atoms with van der Waals surface area (Å²) in [5.74, 6) is -1.94. The number of H-pyrrole nitrogens is 1. The molecule has 1 aromatic carbocycles. The van der Waals surface area contributed by atoms with Crippen LogP contribution in [0, 0.1) is 25.5 Å². The smallest absolute Gasteiger partial charge is 0.266 e. The van der Waals surface area contributed by atoms with E-state index >= 15 is 0 Å². The fraction of sp³-hybridized carbons (Fsp3) is 0.286. The minimum Gasteiger partial charge on any atom is -0.481 e. The van der Waals surface area contributed by atoms with Crippen molar-refractivity contribution in [1.29, 1.82) is 0 Å². The molecule has 1 atom stereocenters. The number of carbonyl (C=O) groups excluding carboxylic acids is 1. The van der Waals surface area contributed by atoms with Gasteiger partial charge >= 0.3 is 0 Å². The number of ether oxygens (including phenoxy) is 1. The van der Waals surface area contributed by atoms with E-state index in [0.717, 1.165) is 23.4 Å². The van der Waals surface area contributed by atoms with E-state index in [1.165, 1.54) is 13.0 Å². The normalized spacial score (nSPS) is 12.0. The number of amides is 1. The highest BCUT2D eigenvalue weighted by Crippen LogP contribution is 2.18. The number of carbonyl (C=O) groups is 1. The first-order valence-electron chi connectivity index (χ1n) is 6.32. The number of hydrogen-bond acceptors (Lipinski definition) is 3. The molecule has 0 spiro atoms. The zero-order chi connectivity index (χ0) is 15.6. The Morgan fingerprint density at radius 2 is 2.05 bits per heavy atom. The van der Waals surface area contributed by atoms with Crippen molar-refractivity contribution in [2.75, 3.05) is 5.32 Å². The molecule has 5 nitrogen and oxygen atoms in total. The standard InChI is InChI=1S/C14H15F2N3O2/c1-7-8(2)18-19-13(7)17-14(20)9(3)21-10-4-5-11(15)12(16)6-10/h4-6,9H,1-3H3,(H2,17,18,19,20). The van der Waals surface area contributed by atoms with E-state index in [1.54, 1.807) is 0 Å². The SMILES string of the molecule is Cc1[nH]nc(NC(=O)C(C)Oc2ccc(F)c(F)c2)c1C. The highest BCUT2D eigenvalue weighted by molar-refractivity contribution is 5.93. The van der Waals surface area contributed by atoms with E-state index in [2.05, 4.69) is 15.5 Å². The average molecular weight is 295 g/mol. The van der Waals surface area contributed by atoms with Gasteiger partial charge in [-0.3, -0.25) is 9.89 Å². The highest BCUT2D eigenvalue weighted by Gasteiger charge is 2.18. The van der Waals surface area contributed by atoms with Crippen LogP contribution >= 0.6 is 0 Å². The molecule has 0 aliphatic carbocycles. The molecule has 21 heavy (non-hydrogen) atoms. The van der Waals surface area contributed by atoms with Gasteiger partial charge in [0.2, 0.25) is 0 Å². The Labute approximate surface area is 120 Å². The monoisotopic (exact) mass is 295 g/mol. The molecular weight excluding hydrogens is 280 g/mol. The molecule has 2 N–H and O–H groups in total. The number of nitrogens with one attached hydrogen (secondary N) is 2. The van der Waals surface area contributed by atoms with Crippen molar-refractivity contribution in [3.05, 3.63) is 41.1 Å². The van der Waals surface area contributed by atoms with Gasteiger partial charge in [-0.1, -0.05) is 0 Å². The summed E-state index contributed by atoms with van der Waals surface area (Å²) in [6.45, 7) is 5.15. The number of benzene rings is 1. The molecule has 0 aliphatic rings. The molecule has 1 amide bonds. The van der Waals surface area contributed by atoms with E-state index in [1.807, 2.05) is 13.8 Å². The van der Waals surface area contributed by atoms with Crippen molar-refractivity contribution in [2.24, 2.45) is 0 Å². The summed E-state index contributed by atoms with van der Waals surface area (Å²) in [4.78, 5) is 12.0. The Morgan fingerprint density at radius 3 is 2.62 bits per heavy atom. The molecule has 0 saturated heterocycles. The number of aromatic amines is 1. The van der Waals surface area contributed by atoms with Gasteiger partial charge in [0.15, 0.2) is 23.6 Å². The van der Waals surface area contributed by atoms with Crippen molar-refractivity contribution in [1.82, 2.24) is 10.2 Å². The zero-order valence-corrected chi connectivity index (χ0v) is 11.8. The Morgan fingerprint density at radius 1 is 1.33 bits per heavy atom. The Balaban J connectivity index is 2.02. The fourth-order valence-corrected chi connectivity index (χ4v) is 1.63. The largest absolute Gasteiger partial charge is 0.481 e. The van der Waals surface area contributed by atoms with Crippen molar-refractivity contribution in [3.8, 4) is 5.75 Å². The minimum atomic E-state index is -1.03. The highest BCUT2D eigenvalue weighted by atomic mass is 19.2. The first kappa shape index (κ1) is 15.0. The van der Waals surface area contributed by atoms with Gasteiger partial charge in [-0.25, -0.2) is 8.78 Å². The van der Waals surface area contributed by atoms with Crippen LogP contribution < -0.4 is 10.1 Å². The quantitative estimate of drug-likeness (QED) is 0.911. The van der Waals surface area contributed by atoms with E-state index in [-0.39, 0.29) is 5.75 Å². The summed E-state index contributed by atoms with van der Waals surface area (Å²) in [6.07, 6.45) is -0.883. The maximum atomic E-state index is 13.1. The van der Waals surface area contributed by atoms with Crippen LogP contribution in [0.4, 0.5) is 14.6 Å². The minimum absolute atomic E-state index is 0.0754. The molecule has 0 bridgehead atoms. The lowest BCUT2D eigenvalue weighted by Crippen LogP contribution is -2.30. The van der Waals surface area contributed by atoms with Crippen LogP contribution in [-0.2, 0) is 4.79 Å². The second kappa shape index (κ2) is 5.90. The molecule has 112 valence electrons. The van der Waals surface area contributed by atoms with E-state index in [4.69, 9.17) is 4.74 Å². The molecule has 0 saturated carbocycles. The number of nitrogens with zero attached hydrogens (tertiary/aromatic N) is 1. The third kappa shape index (κ3) is 3.36. The molecule has 0 radical (unpaired) electrons. The van der Waals surface area contributed by atoms with Gasteiger partial charge in [-0.15, -0.1) is 0 Å². The summed E-state index contributed by atoms with van der Waals surface area (Å²) in [5.41, 5.74) is 1.67. The zero-order valence-electron chi connectivity index (χ0n) is 11.8. The van der Waals surface area contributed by atoms with Gasteiger partial charge in [0, 0.05) is 17.3 Å². The second-order valence-electron chi connectivity index (χ2n) is 4.65. The Bertz CT molecular complexity index is 670. The van der Waals surface area contributed by atoms with Crippen LogP contribution in [0.5, 0.6) is 5.75 Å². The van der Waals surface area contributed by atoms with Crippen LogP contribution in [0.1, 0.15) is 18.2 Å². The van der Waals surface area contributed by atoms with Crippen LogP contribution in [0.3, 0.4) is 0 Å². The van der Waals surface area contributed by atoms with Gasteiger partial charge in [0.05, 0.1) is 0 Å². The van der Waals surface area contributed by atoms with Crippen LogP contribution in [-0.4, -0.2) is 22.2 Å². The second-order valence-corrected chi connectivity index (χ2v) is 4.65. The summed E-state index contributed by atoms with van der Waals surface area (Å²) < 4.78 is 31.1. The topological polar surface area (TPSA) is 67.0 Å².